The largest absolute Gasteiger partial charge is 0.459 e. The smallest absolute Gasteiger partial charge is 0.330 e. The van der Waals surface area contributed by atoms with Crippen LogP contribution in [0.2, 0.25) is 0 Å². The number of esters is 1. The quantitative estimate of drug-likeness (QED) is 0.453. The van der Waals surface area contributed by atoms with E-state index in [1.165, 1.54) is 6.08 Å². The fraction of sp³-hybridized carbons (Fsp3) is 0.769. The molecule has 0 aromatic heterocycles. The van der Waals surface area contributed by atoms with Crippen molar-refractivity contribution in [1.82, 2.24) is 0 Å². The summed E-state index contributed by atoms with van der Waals surface area (Å²) in [5.41, 5.74) is 0. The van der Waals surface area contributed by atoms with Gasteiger partial charge in [-0.2, -0.15) is 0 Å². The van der Waals surface area contributed by atoms with E-state index in [0.717, 1.165) is 32.1 Å². The van der Waals surface area contributed by atoms with E-state index >= 15 is 0 Å². The topological polar surface area (TPSA) is 26.3 Å². The molecule has 2 nitrogen and oxygen atoms in total. The summed E-state index contributed by atoms with van der Waals surface area (Å²) in [4.78, 5) is 11.1. The normalized spacial score (nSPS) is 12.5. The van der Waals surface area contributed by atoms with E-state index in [1.807, 2.05) is 0 Å². The van der Waals surface area contributed by atoms with E-state index in [1.54, 1.807) is 0 Å². The highest BCUT2D eigenvalue weighted by Gasteiger charge is 2.12. The Balaban J connectivity index is 3.93. The van der Waals surface area contributed by atoms with Gasteiger partial charge < -0.3 is 4.74 Å². The molecule has 0 heterocycles. The first-order chi connectivity index (χ1) is 7.10. The first kappa shape index (κ1) is 14.2. The second kappa shape index (κ2) is 8.51. The molecule has 0 aliphatic heterocycles. The predicted octanol–water partition coefficient (Wildman–Crippen LogP) is 3.71. The highest BCUT2D eigenvalue weighted by molar-refractivity contribution is 5.81. The molecule has 2 heteroatoms. The maximum absolute atomic E-state index is 11.1. The van der Waals surface area contributed by atoms with Gasteiger partial charge in [-0.3, -0.25) is 0 Å². The van der Waals surface area contributed by atoms with Crippen molar-refractivity contribution in [3.05, 3.63) is 12.7 Å². The molecule has 0 saturated carbocycles. The molecule has 0 N–H and O–H groups in total. The van der Waals surface area contributed by atoms with Gasteiger partial charge in [0.1, 0.15) is 6.10 Å². The summed E-state index contributed by atoms with van der Waals surface area (Å²) in [6.07, 6.45) is 6.64. The average molecular weight is 212 g/mol. The Kier molecular flexibility index (Phi) is 8.06. The van der Waals surface area contributed by atoms with Crippen molar-refractivity contribution in [3.63, 3.8) is 0 Å². The molecule has 0 radical (unpaired) electrons. The summed E-state index contributed by atoms with van der Waals surface area (Å²) in [5, 5.41) is 0. The van der Waals surface area contributed by atoms with E-state index < -0.39 is 0 Å². The molecule has 0 aromatic carbocycles. The summed E-state index contributed by atoms with van der Waals surface area (Å²) >= 11 is 0. The number of carbonyl (C=O) groups is 1. The second-order valence-electron chi connectivity index (χ2n) is 4.38. The van der Waals surface area contributed by atoms with E-state index in [0.29, 0.717) is 5.92 Å². The summed E-state index contributed by atoms with van der Waals surface area (Å²) in [7, 11) is 0. The molecule has 88 valence electrons. The molecule has 0 rings (SSSR count). The van der Waals surface area contributed by atoms with Crippen LogP contribution < -0.4 is 0 Å². The Bertz CT molecular complexity index is 185. The first-order valence-electron chi connectivity index (χ1n) is 5.93. The predicted molar refractivity (Wildman–Crippen MR) is 63.7 cm³/mol. The van der Waals surface area contributed by atoms with Crippen LogP contribution in [0.3, 0.4) is 0 Å². The number of carbonyl (C=O) groups excluding carboxylic acids is 1. The lowest BCUT2D eigenvalue weighted by atomic mass is 10.0. The van der Waals surface area contributed by atoms with Crippen LogP contribution in [0.15, 0.2) is 12.7 Å². The molecular weight excluding hydrogens is 188 g/mol. The third-order valence-corrected chi connectivity index (χ3v) is 2.40. The van der Waals surface area contributed by atoms with Crippen LogP contribution in [0.25, 0.3) is 0 Å². The Morgan fingerprint density at radius 3 is 2.47 bits per heavy atom. The fourth-order valence-electron chi connectivity index (χ4n) is 1.43. The van der Waals surface area contributed by atoms with Gasteiger partial charge in [0, 0.05) is 6.08 Å². The van der Waals surface area contributed by atoms with Crippen LogP contribution >= 0.6 is 0 Å². The van der Waals surface area contributed by atoms with E-state index in [2.05, 4.69) is 27.4 Å². The van der Waals surface area contributed by atoms with Crippen molar-refractivity contribution in [1.29, 1.82) is 0 Å². The summed E-state index contributed by atoms with van der Waals surface area (Å²) in [6.45, 7) is 9.94. The van der Waals surface area contributed by atoms with Crippen LogP contribution in [0.1, 0.15) is 52.9 Å². The van der Waals surface area contributed by atoms with Crippen LogP contribution in [0, 0.1) is 5.92 Å². The number of ether oxygens (including phenoxy) is 1. The molecule has 0 aliphatic carbocycles. The minimum Gasteiger partial charge on any atom is -0.459 e. The molecule has 0 aromatic rings. The number of hydrogen-bond donors (Lipinski definition) is 0. The zero-order valence-electron chi connectivity index (χ0n) is 10.3. The monoisotopic (exact) mass is 212 g/mol. The molecule has 1 atom stereocenters. The molecule has 0 spiro atoms. The number of rotatable bonds is 8. The standard InChI is InChI=1S/C13H24O2/c1-5-7-8-12(10-9-11(3)4)15-13(14)6-2/h6,11-12H,2,5,7-10H2,1,3-4H3. The van der Waals surface area contributed by atoms with E-state index in [-0.39, 0.29) is 12.1 Å². The minimum absolute atomic E-state index is 0.0813. The van der Waals surface area contributed by atoms with Gasteiger partial charge in [0.25, 0.3) is 0 Å². The molecule has 15 heavy (non-hydrogen) atoms. The second-order valence-corrected chi connectivity index (χ2v) is 4.38. The van der Waals surface area contributed by atoms with Crippen LogP contribution in [0.4, 0.5) is 0 Å². The van der Waals surface area contributed by atoms with Gasteiger partial charge in [-0.1, -0.05) is 40.2 Å². The minimum atomic E-state index is -0.292. The van der Waals surface area contributed by atoms with Gasteiger partial charge in [-0.05, 0) is 25.2 Å². The number of unbranched alkanes of at least 4 members (excludes halogenated alkanes) is 1. The Morgan fingerprint density at radius 1 is 1.33 bits per heavy atom. The summed E-state index contributed by atoms with van der Waals surface area (Å²) < 4.78 is 5.30. The van der Waals surface area contributed by atoms with Crippen molar-refractivity contribution >= 4 is 5.97 Å². The molecule has 1 unspecified atom stereocenters. The first-order valence-corrected chi connectivity index (χ1v) is 5.93. The van der Waals surface area contributed by atoms with Gasteiger partial charge in [-0.25, -0.2) is 4.79 Å². The van der Waals surface area contributed by atoms with Crippen molar-refractivity contribution in [3.8, 4) is 0 Å². The van der Waals surface area contributed by atoms with Crippen molar-refractivity contribution in [2.75, 3.05) is 0 Å². The SMILES string of the molecule is C=CC(=O)OC(CCCC)CCC(C)C. The molecule has 0 amide bonds. The molecule has 0 saturated heterocycles. The van der Waals surface area contributed by atoms with Gasteiger partial charge in [0.2, 0.25) is 0 Å². The van der Waals surface area contributed by atoms with Crippen molar-refractivity contribution < 1.29 is 9.53 Å². The van der Waals surface area contributed by atoms with Gasteiger partial charge in [-0.15, -0.1) is 0 Å². The third-order valence-electron chi connectivity index (χ3n) is 2.40. The fourth-order valence-corrected chi connectivity index (χ4v) is 1.43. The average Bonchev–Trinajstić information content (AvgIpc) is 2.21. The molecule has 0 aliphatic rings. The maximum Gasteiger partial charge on any atom is 0.330 e. The van der Waals surface area contributed by atoms with Crippen LogP contribution in [0.5, 0.6) is 0 Å². The van der Waals surface area contributed by atoms with E-state index in [4.69, 9.17) is 4.74 Å². The third kappa shape index (κ3) is 8.22. The zero-order chi connectivity index (χ0) is 11.7. The van der Waals surface area contributed by atoms with Crippen LogP contribution in [-0.4, -0.2) is 12.1 Å². The Hall–Kier alpha value is -0.790. The highest BCUT2D eigenvalue weighted by atomic mass is 16.5. The Morgan fingerprint density at radius 2 is 2.00 bits per heavy atom. The van der Waals surface area contributed by atoms with Gasteiger partial charge in [0.05, 0.1) is 0 Å². The van der Waals surface area contributed by atoms with Gasteiger partial charge in [0.15, 0.2) is 0 Å². The maximum atomic E-state index is 11.1. The lowest BCUT2D eigenvalue weighted by molar-refractivity contribution is -0.143. The van der Waals surface area contributed by atoms with Crippen molar-refractivity contribution in [2.24, 2.45) is 5.92 Å². The molecule has 0 bridgehead atoms. The summed E-state index contributed by atoms with van der Waals surface area (Å²) in [5.74, 6) is 0.372. The highest BCUT2D eigenvalue weighted by Crippen LogP contribution is 2.15. The molecule has 0 fully saturated rings. The lowest BCUT2D eigenvalue weighted by Crippen LogP contribution is -2.17. The van der Waals surface area contributed by atoms with E-state index in [9.17, 15) is 4.79 Å². The van der Waals surface area contributed by atoms with Gasteiger partial charge >= 0.3 is 5.97 Å². The van der Waals surface area contributed by atoms with Crippen LogP contribution in [-0.2, 0) is 9.53 Å². The Labute approximate surface area is 93.7 Å². The lowest BCUT2D eigenvalue weighted by Gasteiger charge is -2.17. The number of hydrogen-bond acceptors (Lipinski definition) is 2. The summed E-state index contributed by atoms with van der Waals surface area (Å²) in [6, 6.07) is 0. The molecular formula is C13H24O2. The van der Waals surface area contributed by atoms with Crippen molar-refractivity contribution in [2.45, 2.75) is 59.0 Å². The zero-order valence-corrected chi connectivity index (χ0v) is 10.3.